The molecule has 2 N–H and O–H groups in total. The maximum atomic E-state index is 10.9. The van der Waals surface area contributed by atoms with Crippen LogP contribution >= 0.6 is 23.1 Å². The third-order valence-corrected chi connectivity index (χ3v) is 4.49. The molecule has 1 fully saturated rings. The molecule has 0 aliphatic carbocycles. The predicted octanol–water partition coefficient (Wildman–Crippen LogP) is 2.23. The number of thiophene rings is 1. The molecule has 82 valence electrons. The molecule has 2 heterocycles. The highest BCUT2D eigenvalue weighted by molar-refractivity contribution is 7.99. The van der Waals surface area contributed by atoms with E-state index >= 15 is 0 Å². The molecule has 1 aromatic rings. The van der Waals surface area contributed by atoms with Crippen LogP contribution in [0.2, 0.25) is 0 Å². The first-order valence-electron chi connectivity index (χ1n) is 4.82. The molecule has 0 amide bonds. The van der Waals surface area contributed by atoms with E-state index in [-0.39, 0.29) is 5.37 Å². The number of hydrogen-bond acceptors (Lipinski definition) is 4. The summed E-state index contributed by atoms with van der Waals surface area (Å²) >= 11 is 3.49. The molecule has 0 radical (unpaired) electrons. The van der Waals surface area contributed by atoms with Crippen molar-refractivity contribution in [3.05, 3.63) is 21.9 Å². The quantitative estimate of drug-likeness (QED) is 0.836. The summed E-state index contributed by atoms with van der Waals surface area (Å²) in [6.07, 6.45) is 0.708. The highest BCUT2D eigenvalue weighted by Crippen LogP contribution is 2.33. The Kier molecular flexibility index (Phi) is 3.33. The first-order valence-corrected chi connectivity index (χ1v) is 6.75. The molecule has 1 saturated heterocycles. The highest BCUT2D eigenvalue weighted by atomic mass is 32.2. The van der Waals surface area contributed by atoms with Crippen LogP contribution in [0.25, 0.3) is 0 Å². The molecule has 0 saturated carbocycles. The fourth-order valence-corrected chi connectivity index (χ4v) is 3.62. The Bertz CT molecular complexity index is 364. The fourth-order valence-electron chi connectivity index (χ4n) is 1.61. The molecule has 3 nitrogen and oxygen atoms in total. The summed E-state index contributed by atoms with van der Waals surface area (Å²) in [7, 11) is 0. The van der Waals surface area contributed by atoms with Gasteiger partial charge in [0.05, 0.1) is 5.37 Å². The van der Waals surface area contributed by atoms with Crippen molar-refractivity contribution >= 4 is 29.1 Å². The summed E-state index contributed by atoms with van der Waals surface area (Å²) < 4.78 is 0. The Balaban J connectivity index is 2.07. The lowest BCUT2D eigenvalue weighted by Crippen LogP contribution is -2.41. The molecule has 1 aliphatic rings. The zero-order valence-electron chi connectivity index (χ0n) is 8.40. The molecule has 0 spiro atoms. The average Bonchev–Trinajstić information content (AvgIpc) is 2.65. The third kappa shape index (κ3) is 2.53. The van der Waals surface area contributed by atoms with E-state index in [1.54, 1.807) is 23.1 Å². The molecule has 15 heavy (non-hydrogen) atoms. The lowest BCUT2D eigenvalue weighted by atomic mass is 10.2. The second-order valence-electron chi connectivity index (χ2n) is 3.59. The number of carboxylic acids is 1. The van der Waals surface area contributed by atoms with Crippen LogP contribution in [-0.2, 0) is 4.79 Å². The van der Waals surface area contributed by atoms with E-state index in [0.29, 0.717) is 6.42 Å². The van der Waals surface area contributed by atoms with Crippen LogP contribution in [-0.4, -0.2) is 22.9 Å². The number of rotatable bonds is 2. The van der Waals surface area contributed by atoms with E-state index in [4.69, 9.17) is 5.11 Å². The van der Waals surface area contributed by atoms with Gasteiger partial charge in [0, 0.05) is 4.88 Å². The molecule has 2 unspecified atom stereocenters. The van der Waals surface area contributed by atoms with Crippen LogP contribution < -0.4 is 5.32 Å². The number of carboxylic acid groups (broad SMARTS) is 1. The second kappa shape index (κ2) is 4.55. The maximum Gasteiger partial charge on any atom is 0.320 e. The molecule has 1 aliphatic heterocycles. The SMILES string of the molecule is Cc1cc(C2NC(C(=O)O)CCS2)cs1. The summed E-state index contributed by atoms with van der Waals surface area (Å²) in [6, 6.07) is 1.73. The monoisotopic (exact) mass is 243 g/mol. The largest absolute Gasteiger partial charge is 0.480 e. The van der Waals surface area contributed by atoms with Gasteiger partial charge in [-0.25, -0.2) is 0 Å². The predicted molar refractivity (Wildman–Crippen MR) is 63.4 cm³/mol. The van der Waals surface area contributed by atoms with E-state index in [1.807, 2.05) is 0 Å². The van der Waals surface area contributed by atoms with E-state index < -0.39 is 12.0 Å². The first kappa shape index (κ1) is 11.0. The normalized spacial score (nSPS) is 26.5. The van der Waals surface area contributed by atoms with Gasteiger partial charge in [0.2, 0.25) is 0 Å². The van der Waals surface area contributed by atoms with Crippen LogP contribution in [0.3, 0.4) is 0 Å². The van der Waals surface area contributed by atoms with Gasteiger partial charge in [0.15, 0.2) is 0 Å². The van der Waals surface area contributed by atoms with Crippen LogP contribution in [0.15, 0.2) is 11.4 Å². The third-order valence-electron chi connectivity index (χ3n) is 2.40. The Labute approximate surface area is 96.9 Å². The van der Waals surface area contributed by atoms with Crippen LogP contribution in [0.5, 0.6) is 0 Å². The molecule has 1 aromatic heterocycles. The van der Waals surface area contributed by atoms with Crippen molar-refractivity contribution < 1.29 is 9.90 Å². The van der Waals surface area contributed by atoms with Gasteiger partial charge in [-0.1, -0.05) is 0 Å². The van der Waals surface area contributed by atoms with Crippen molar-refractivity contribution in [1.29, 1.82) is 0 Å². The van der Waals surface area contributed by atoms with Gasteiger partial charge in [-0.15, -0.1) is 23.1 Å². The number of nitrogens with one attached hydrogen (secondary N) is 1. The minimum atomic E-state index is -0.743. The summed E-state index contributed by atoms with van der Waals surface area (Å²) in [5, 5.41) is 14.3. The number of aliphatic carboxylic acids is 1. The number of aryl methyl sites for hydroxylation is 1. The zero-order valence-corrected chi connectivity index (χ0v) is 10.0. The minimum absolute atomic E-state index is 0.143. The summed E-state index contributed by atoms with van der Waals surface area (Å²) in [6.45, 7) is 2.07. The van der Waals surface area contributed by atoms with E-state index in [0.717, 1.165) is 5.75 Å². The molecular formula is C10H13NO2S2. The van der Waals surface area contributed by atoms with E-state index in [2.05, 4.69) is 23.7 Å². The number of hydrogen-bond donors (Lipinski definition) is 2. The van der Waals surface area contributed by atoms with E-state index in [1.165, 1.54) is 10.4 Å². The fraction of sp³-hybridized carbons (Fsp3) is 0.500. The van der Waals surface area contributed by atoms with Crippen molar-refractivity contribution in [2.75, 3.05) is 5.75 Å². The van der Waals surface area contributed by atoms with Crippen LogP contribution in [0, 0.1) is 6.92 Å². The summed E-state index contributed by atoms with van der Waals surface area (Å²) in [5.41, 5.74) is 1.20. The van der Waals surface area contributed by atoms with Crippen molar-refractivity contribution in [2.24, 2.45) is 0 Å². The van der Waals surface area contributed by atoms with Gasteiger partial charge in [0.1, 0.15) is 6.04 Å². The Morgan fingerprint density at radius 2 is 2.47 bits per heavy atom. The molecule has 5 heteroatoms. The van der Waals surface area contributed by atoms with Crippen molar-refractivity contribution in [1.82, 2.24) is 5.32 Å². The summed E-state index contributed by atoms with van der Waals surface area (Å²) in [5.74, 6) is 0.163. The van der Waals surface area contributed by atoms with E-state index in [9.17, 15) is 4.79 Å². The lowest BCUT2D eigenvalue weighted by Gasteiger charge is -2.27. The van der Waals surface area contributed by atoms with Gasteiger partial charge in [-0.3, -0.25) is 10.1 Å². The van der Waals surface area contributed by atoms with Crippen LogP contribution in [0.4, 0.5) is 0 Å². The smallest absolute Gasteiger partial charge is 0.320 e. The molecule has 2 atom stereocenters. The molecule has 2 rings (SSSR count). The Hall–Kier alpha value is -0.520. The minimum Gasteiger partial charge on any atom is -0.480 e. The van der Waals surface area contributed by atoms with Gasteiger partial charge in [0.25, 0.3) is 0 Å². The lowest BCUT2D eigenvalue weighted by molar-refractivity contribution is -0.139. The van der Waals surface area contributed by atoms with Crippen molar-refractivity contribution in [3.8, 4) is 0 Å². The van der Waals surface area contributed by atoms with Gasteiger partial charge in [-0.2, -0.15) is 0 Å². The molecule has 0 aromatic carbocycles. The van der Waals surface area contributed by atoms with Gasteiger partial charge < -0.3 is 5.11 Å². The van der Waals surface area contributed by atoms with Gasteiger partial charge >= 0.3 is 5.97 Å². The Morgan fingerprint density at radius 3 is 3.07 bits per heavy atom. The molecule has 0 bridgehead atoms. The standard InChI is InChI=1S/C10H13NO2S2/c1-6-4-7(5-15-6)9-11-8(10(12)13)2-3-14-9/h4-5,8-9,11H,2-3H2,1H3,(H,12,13). The maximum absolute atomic E-state index is 10.9. The van der Waals surface area contributed by atoms with Gasteiger partial charge in [-0.05, 0) is 36.1 Å². The Morgan fingerprint density at radius 1 is 1.67 bits per heavy atom. The number of thioether (sulfide) groups is 1. The highest BCUT2D eigenvalue weighted by Gasteiger charge is 2.27. The topological polar surface area (TPSA) is 49.3 Å². The van der Waals surface area contributed by atoms with Crippen molar-refractivity contribution in [2.45, 2.75) is 24.8 Å². The van der Waals surface area contributed by atoms with Crippen LogP contribution in [0.1, 0.15) is 22.2 Å². The summed E-state index contributed by atoms with van der Waals surface area (Å²) in [4.78, 5) is 12.1. The average molecular weight is 243 g/mol. The first-order chi connectivity index (χ1) is 7.16. The van der Waals surface area contributed by atoms with Crippen molar-refractivity contribution in [3.63, 3.8) is 0 Å². The molecular weight excluding hydrogens is 230 g/mol. The second-order valence-corrected chi connectivity index (χ2v) is 5.92. The number of carbonyl (C=O) groups is 1. The zero-order chi connectivity index (χ0) is 10.8.